The van der Waals surface area contributed by atoms with Crippen LogP contribution in [0.1, 0.15) is 112 Å². The topological polar surface area (TPSA) is 70.0 Å². The van der Waals surface area contributed by atoms with Gasteiger partial charge in [-0.1, -0.05) is 41.5 Å². The number of ketones is 1. The standard InChI is InChI=1S/C30H43NO4/c1-14-13-28(14,10)18(5)31-17(4)27(8,9)30-21-20-15(2)16(3)22(33)23(21)35-24(30)19(32)11-12-29(30,34)25(31)26(20,6)7/h14,17-18,24-25,33-34H,11-13H2,1-10H3/t14?,17?,18?,24-,25+,28?,29+,30-/m0/s1/i11D2,12D2,13D2,14D,17D,18D,24D,25D,34D/hD. The van der Waals surface area contributed by atoms with Crippen molar-refractivity contribution in [1.82, 2.24) is 4.90 Å². The number of ether oxygens (including phenoxy) is 1. The molecule has 1 saturated heterocycles. The Bertz CT molecular complexity index is 1710. The van der Waals surface area contributed by atoms with Crippen molar-refractivity contribution in [2.45, 2.75) is 129 Å². The Kier molecular flexibility index (Phi) is 2.38. The second kappa shape index (κ2) is 6.27. The van der Waals surface area contributed by atoms with E-state index >= 15 is 0 Å². The fourth-order valence-electron chi connectivity index (χ4n) is 7.65. The van der Waals surface area contributed by atoms with Crippen LogP contribution in [0, 0.1) is 30.6 Å². The fourth-order valence-corrected chi connectivity index (χ4v) is 7.65. The molecule has 3 fully saturated rings. The zero-order valence-corrected chi connectivity index (χ0v) is 22.1. The van der Waals surface area contributed by atoms with Gasteiger partial charge in [0.05, 0.1) is 13.8 Å². The molecule has 6 rings (SSSR count). The van der Waals surface area contributed by atoms with E-state index in [1.165, 1.54) is 55.4 Å². The Hall–Kier alpha value is -1.59. The molecule has 1 aromatic rings. The number of carbonyl (C=O) groups excluding carboxylic acids is 1. The first-order valence-corrected chi connectivity index (χ1v) is 12.2. The lowest BCUT2D eigenvalue weighted by Crippen LogP contribution is -2.87. The lowest BCUT2D eigenvalue weighted by atomic mass is 9.36. The quantitative estimate of drug-likeness (QED) is 0.621. The Labute approximate surface area is 228 Å². The van der Waals surface area contributed by atoms with E-state index < -0.39 is 82.2 Å². The minimum atomic E-state index is -3.68. The number of benzene rings is 1. The van der Waals surface area contributed by atoms with Gasteiger partial charge < -0.3 is 15.0 Å². The largest absolute Gasteiger partial charge is 0.504 e. The molecule has 5 nitrogen and oxygen atoms in total. The fraction of sp³-hybridized carbons (Fsp3) is 0.767. The van der Waals surface area contributed by atoms with Gasteiger partial charge in [-0.25, -0.2) is 0 Å². The number of phenols is 1. The molecule has 192 valence electrons. The molecule has 0 radical (unpaired) electrons. The molecule has 2 aliphatic heterocycles. The Morgan fingerprint density at radius 3 is 2.43 bits per heavy atom. The molecule has 2 saturated carbocycles. The van der Waals surface area contributed by atoms with E-state index in [2.05, 4.69) is 0 Å². The van der Waals surface area contributed by atoms with Crippen LogP contribution < -0.4 is 4.74 Å². The molecule has 5 aliphatic rings. The van der Waals surface area contributed by atoms with Crippen LogP contribution in [-0.2, 0) is 15.6 Å². The number of phenolic OH excluding ortho intramolecular Hbond substituents is 1. The zero-order chi connectivity index (χ0) is 37.2. The third-order valence-electron chi connectivity index (χ3n) is 10.1. The lowest BCUT2D eigenvalue weighted by molar-refractivity contribution is -0.267. The summed E-state index contributed by atoms with van der Waals surface area (Å²) in [7, 11) is 0. The van der Waals surface area contributed by atoms with E-state index in [1.807, 2.05) is 0 Å². The Morgan fingerprint density at radius 2 is 1.86 bits per heavy atom. The second-order valence-electron chi connectivity index (χ2n) is 12.1. The number of carbonyl (C=O) groups is 1. The molecule has 5 heteroatoms. The molecule has 35 heavy (non-hydrogen) atoms. The monoisotopic (exact) mass is 494 g/mol. The van der Waals surface area contributed by atoms with E-state index in [0.29, 0.717) is 11.1 Å². The van der Waals surface area contributed by atoms with E-state index in [0.717, 1.165) is 4.90 Å². The van der Waals surface area contributed by atoms with Gasteiger partial charge in [-0.3, -0.25) is 9.69 Å². The van der Waals surface area contributed by atoms with E-state index in [1.54, 1.807) is 13.8 Å². The number of hydrogen-bond acceptors (Lipinski definition) is 5. The summed E-state index contributed by atoms with van der Waals surface area (Å²) in [6, 6.07) is -7.82. The molecule has 4 unspecified atom stereocenters. The molecular weight excluding hydrogens is 438 g/mol. The van der Waals surface area contributed by atoms with Crippen LogP contribution >= 0.6 is 0 Å². The third kappa shape index (κ3) is 2.17. The van der Waals surface area contributed by atoms with Crippen molar-refractivity contribution in [3.63, 3.8) is 0 Å². The smallest absolute Gasteiger partial charge is 0.293 e. The Morgan fingerprint density at radius 1 is 1.20 bits per heavy atom. The van der Waals surface area contributed by atoms with Crippen LogP contribution in [-0.4, -0.2) is 53.5 Å². The molecule has 0 aromatic heterocycles. The number of likely N-dealkylation sites (tertiary alicyclic amines) is 1. The number of nitrogens with zero attached hydrogens (tertiary/aromatic N) is 1. The molecule has 1 spiro atoms. The first kappa shape index (κ1) is 13.3. The van der Waals surface area contributed by atoms with Crippen LogP contribution in [0.4, 0.5) is 0 Å². The molecule has 3 aliphatic carbocycles. The van der Waals surface area contributed by atoms with Gasteiger partial charge in [-0.05, 0) is 73.9 Å². The summed E-state index contributed by atoms with van der Waals surface area (Å²) in [5.74, 6) is -4.24. The maximum Gasteiger partial charge on any atom is 0.293 e. The van der Waals surface area contributed by atoms with E-state index in [-0.39, 0.29) is 22.6 Å². The number of Topliss-reactive ketones (excluding diaryl/α,β-unsaturated/α-hetero) is 1. The highest BCUT2D eigenvalue weighted by Gasteiger charge is 2.83. The predicted octanol–water partition coefficient (Wildman–Crippen LogP) is 4.93. The lowest BCUT2D eigenvalue weighted by Gasteiger charge is -2.75. The van der Waals surface area contributed by atoms with Gasteiger partial charge in [-0.2, -0.15) is 0 Å². The van der Waals surface area contributed by atoms with E-state index in [4.69, 9.17) is 24.7 Å². The van der Waals surface area contributed by atoms with Gasteiger partial charge in [0.1, 0.15) is 0 Å². The van der Waals surface area contributed by atoms with E-state index in [9.17, 15) is 13.0 Å². The first-order valence-electron chi connectivity index (χ1n) is 18.5. The highest BCUT2D eigenvalue weighted by atomic mass is 16.5. The van der Waals surface area contributed by atoms with Crippen LogP contribution in [0.15, 0.2) is 0 Å². The normalized spacial score (nSPS) is 63.9. The summed E-state index contributed by atoms with van der Waals surface area (Å²) in [4.78, 5) is 15.5. The summed E-state index contributed by atoms with van der Waals surface area (Å²) in [6.07, 6.45) is -12.9. The van der Waals surface area contributed by atoms with Crippen LogP contribution in [0.2, 0.25) is 0 Å². The average molecular weight is 495 g/mol. The maximum atomic E-state index is 14.5. The molecule has 1 aromatic carbocycles. The van der Waals surface area contributed by atoms with Crippen molar-refractivity contribution in [2.75, 3.05) is 0 Å². The zero-order valence-electron chi connectivity index (χ0n) is 35.1. The average Bonchev–Trinajstić information content (AvgIpc) is 3.12. The molecule has 0 amide bonds. The van der Waals surface area contributed by atoms with Crippen molar-refractivity contribution in [2.24, 2.45) is 16.7 Å². The third-order valence-corrected chi connectivity index (χ3v) is 10.1. The highest BCUT2D eigenvalue weighted by molar-refractivity contribution is 5.91. The summed E-state index contributed by atoms with van der Waals surface area (Å²) in [6.45, 7) is 14.2. The second-order valence-corrected chi connectivity index (χ2v) is 12.1. The molecule has 2 heterocycles. The van der Waals surface area contributed by atoms with Crippen LogP contribution in [0.25, 0.3) is 0 Å². The number of hydrogen-bond donors (Lipinski definition) is 2. The van der Waals surface area contributed by atoms with Gasteiger partial charge in [0.15, 0.2) is 23.4 Å². The van der Waals surface area contributed by atoms with Crippen LogP contribution in [0.5, 0.6) is 11.5 Å². The molecule has 2 N–H and O–H groups in total. The number of piperidine rings is 1. The first-order chi connectivity index (χ1) is 21.2. The molecule has 8 atom stereocenters. The van der Waals surface area contributed by atoms with Crippen molar-refractivity contribution >= 4 is 5.78 Å². The summed E-state index contributed by atoms with van der Waals surface area (Å²) in [5, 5.41) is 10.6. The number of aliphatic hydroxyl groups is 1. The van der Waals surface area contributed by atoms with Crippen molar-refractivity contribution in [3.05, 3.63) is 22.3 Å². The van der Waals surface area contributed by atoms with Gasteiger partial charge in [-0.15, -0.1) is 0 Å². The van der Waals surface area contributed by atoms with Crippen LogP contribution in [0.3, 0.4) is 0 Å². The van der Waals surface area contributed by atoms with Gasteiger partial charge in [0.25, 0.3) is 1.43 Å². The molecule has 2 bridgehead atoms. The maximum absolute atomic E-state index is 14.5. The van der Waals surface area contributed by atoms with Crippen molar-refractivity contribution < 1.29 is 34.8 Å². The van der Waals surface area contributed by atoms with Crippen molar-refractivity contribution in [3.8, 4) is 11.5 Å². The Balaban J connectivity index is 1.99. The summed E-state index contributed by atoms with van der Waals surface area (Å²) in [5.41, 5.74) is -11.1. The van der Waals surface area contributed by atoms with Crippen molar-refractivity contribution in [1.29, 1.82) is 2.86 Å². The van der Waals surface area contributed by atoms with Gasteiger partial charge >= 0.3 is 0 Å². The number of rotatable bonds is 4. The van der Waals surface area contributed by atoms with Gasteiger partial charge in [0.2, 0.25) is 1.43 Å². The summed E-state index contributed by atoms with van der Waals surface area (Å²) < 4.78 is 128. The summed E-state index contributed by atoms with van der Waals surface area (Å²) >= 11 is 0. The highest BCUT2D eigenvalue weighted by Crippen LogP contribution is 2.75. The minimum Gasteiger partial charge on any atom is -0.504 e. The minimum absolute atomic E-state index is 0.108. The molecular formula is C30H43NO4. The predicted molar refractivity (Wildman–Crippen MR) is 136 cm³/mol. The SMILES string of the molecule is [2H]Oc1c(C)c(C)c2c3c1O[C@@]1([2H])C(=O)C([2H])([2H])C([2H])([2H])[C@]4(O[2H])[C@@]31C(C)(C)C([2H])(C)N(C([2H])(C)C1(C)C([2H])([2H])C1([2H])C)[C@]4([2H])C2(C)C. The number of aromatic hydroxyl groups is 1. The van der Waals surface area contributed by atoms with Gasteiger partial charge in [0, 0.05) is 47.7 Å².